The van der Waals surface area contributed by atoms with Crippen molar-refractivity contribution < 1.29 is 0 Å². The van der Waals surface area contributed by atoms with Crippen LogP contribution in [0.1, 0.15) is 16.8 Å². The van der Waals surface area contributed by atoms with Gasteiger partial charge in [0.1, 0.15) is 5.82 Å². The van der Waals surface area contributed by atoms with Crippen molar-refractivity contribution in [2.24, 2.45) is 0 Å². The van der Waals surface area contributed by atoms with E-state index in [4.69, 9.17) is 0 Å². The molecule has 1 aromatic heterocycles. The minimum absolute atomic E-state index is 0.0740. The Morgan fingerprint density at radius 1 is 1.28 bits per heavy atom. The number of aromatic amines is 1. The van der Waals surface area contributed by atoms with Gasteiger partial charge in [-0.25, -0.2) is 4.98 Å². The van der Waals surface area contributed by atoms with Crippen LogP contribution in [0.3, 0.4) is 0 Å². The van der Waals surface area contributed by atoms with Crippen molar-refractivity contribution in [1.29, 1.82) is 0 Å². The fourth-order valence-corrected chi connectivity index (χ4v) is 1.96. The number of nitrogens with one attached hydrogen (secondary N) is 2. The zero-order valence-electron chi connectivity index (χ0n) is 10.9. The van der Waals surface area contributed by atoms with Crippen molar-refractivity contribution in [1.82, 2.24) is 15.3 Å². The first-order valence-corrected chi connectivity index (χ1v) is 5.94. The molecular weight excluding hydrogens is 226 g/mol. The van der Waals surface area contributed by atoms with Crippen LogP contribution >= 0.6 is 0 Å². The van der Waals surface area contributed by atoms with Crippen LogP contribution in [0.5, 0.6) is 0 Å². The maximum Gasteiger partial charge on any atom is 0.255 e. The minimum atomic E-state index is -0.0740. The zero-order chi connectivity index (χ0) is 13.1. The average molecular weight is 243 g/mol. The Morgan fingerprint density at radius 3 is 2.61 bits per heavy atom. The van der Waals surface area contributed by atoms with Crippen molar-refractivity contribution in [3.63, 3.8) is 0 Å². The van der Waals surface area contributed by atoms with Crippen molar-refractivity contribution in [2.45, 2.75) is 20.4 Å². The fourth-order valence-electron chi connectivity index (χ4n) is 1.96. The molecule has 2 N–H and O–H groups in total. The van der Waals surface area contributed by atoms with Crippen molar-refractivity contribution >= 4 is 0 Å². The summed E-state index contributed by atoms with van der Waals surface area (Å²) in [6, 6.07) is 7.88. The van der Waals surface area contributed by atoms with E-state index in [0.717, 1.165) is 16.8 Å². The molecule has 0 atom stereocenters. The summed E-state index contributed by atoms with van der Waals surface area (Å²) in [6.07, 6.45) is 0. The molecule has 2 aromatic rings. The number of nitrogens with zero attached hydrogens (tertiary/aromatic N) is 1. The fraction of sp³-hybridized carbons (Fsp3) is 0.286. The lowest BCUT2D eigenvalue weighted by Gasteiger charge is -2.08. The highest BCUT2D eigenvalue weighted by Gasteiger charge is 2.09. The molecule has 4 heteroatoms. The SMILES string of the molecule is CNCc1c(C)nc(-c2ccccc2C)[nH]c1=O. The van der Waals surface area contributed by atoms with Crippen molar-refractivity contribution in [3.05, 3.63) is 51.4 Å². The summed E-state index contributed by atoms with van der Waals surface area (Å²) in [7, 11) is 1.81. The maximum atomic E-state index is 12.0. The second-order valence-corrected chi connectivity index (χ2v) is 4.32. The molecule has 0 bridgehead atoms. The Bertz CT molecular complexity index is 617. The molecule has 0 unspecified atom stereocenters. The van der Waals surface area contributed by atoms with Gasteiger partial charge in [-0.1, -0.05) is 24.3 Å². The van der Waals surface area contributed by atoms with Gasteiger partial charge in [-0.05, 0) is 26.5 Å². The molecule has 0 spiro atoms. The van der Waals surface area contributed by atoms with Gasteiger partial charge in [0.2, 0.25) is 0 Å². The van der Waals surface area contributed by atoms with E-state index in [1.54, 1.807) is 0 Å². The van der Waals surface area contributed by atoms with Crippen molar-refractivity contribution in [2.75, 3.05) is 7.05 Å². The Labute approximate surface area is 106 Å². The van der Waals surface area contributed by atoms with Crippen LogP contribution in [0, 0.1) is 13.8 Å². The van der Waals surface area contributed by atoms with E-state index in [2.05, 4.69) is 15.3 Å². The standard InChI is InChI=1S/C14H17N3O/c1-9-6-4-5-7-11(9)13-16-10(2)12(8-15-3)14(18)17-13/h4-7,15H,8H2,1-3H3,(H,16,17,18). The Balaban J connectivity index is 2.55. The molecule has 2 rings (SSSR count). The first-order valence-electron chi connectivity index (χ1n) is 5.94. The molecule has 4 nitrogen and oxygen atoms in total. The topological polar surface area (TPSA) is 57.8 Å². The predicted molar refractivity (Wildman–Crippen MR) is 72.5 cm³/mol. The Morgan fingerprint density at radius 2 is 2.00 bits per heavy atom. The molecule has 0 aliphatic carbocycles. The number of H-pyrrole nitrogens is 1. The molecule has 0 aliphatic heterocycles. The molecular formula is C14H17N3O. The molecule has 0 amide bonds. The molecule has 0 radical (unpaired) electrons. The summed E-state index contributed by atoms with van der Waals surface area (Å²) >= 11 is 0. The average Bonchev–Trinajstić information content (AvgIpc) is 2.34. The van der Waals surface area contributed by atoms with Gasteiger partial charge in [-0.3, -0.25) is 4.79 Å². The number of aromatic nitrogens is 2. The lowest BCUT2D eigenvalue weighted by atomic mass is 10.1. The predicted octanol–water partition coefficient (Wildman–Crippen LogP) is 1.77. The van der Waals surface area contributed by atoms with Crippen LogP contribution in [0.25, 0.3) is 11.4 Å². The first-order chi connectivity index (χ1) is 8.63. The Hall–Kier alpha value is -1.94. The number of aryl methyl sites for hydroxylation is 2. The number of hydrogen-bond donors (Lipinski definition) is 2. The van der Waals surface area contributed by atoms with E-state index >= 15 is 0 Å². The van der Waals surface area contributed by atoms with E-state index in [1.807, 2.05) is 45.2 Å². The summed E-state index contributed by atoms with van der Waals surface area (Å²) in [6.45, 7) is 4.40. The van der Waals surface area contributed by atoms with Gasteiger partial charge in [0, 0.05) is 17.8 Å². The van der Waals surface area contributed by atoms with Crippen LogP contribution in [0.2, 0.25) is 0 Å². The molecule has 18 heavy (non-hydrogen) atoms. The molecule has 1 aromatic carbocycles. The highest BCUT2D eigenvalue weighted by molar-refractivity contribution is 5.59. The first kappa shape index (κ1) is 12.5. The van der Waals surface area contributed by atoms with Gasteiger partial charge >= 0.3 is 0 Å². The lowest BCUT2D eigenvalue weighted by Crippen LogP contribution is -2.22. The highest BCUT2D eigenvalue weighted by atomic mass is 16.1. The quantitative estimate of drug-likeness (QED) is 0.863. The van der Waals surface area contributed by atoms with Gasteiger partial charge in [-0.15, -0.1) is 0 Å². The second kappa shape index (κ2) is 5.14. The molecule has 0 saturated carbocycles. The molecule has 0 saturated heterocycles. The van der Waals surface area contributed by atoms with Crippen LogP contribution < -0.4 is 10.9 Å². The third kappa shape index (κ3) is 2.33. The summed E-state index contributed by atoms with van der Waals surface area (Å²) in [5.74, 6) is 0.635. The normalized spacial score (nSPS) is 10.6. The smallest absolute Gasteiger partial charge is 0.255 e. The molecule has 94 valence electrons. The van der Waals surface area contributed by atoms with Crippen molar-refractivity contribution in [3.8, 4) is 11.4 Å². The monoisotopic (exact) mass is 243 g/mol. The lowest BCUT2D eigenvalue weighted by molar-refractivity contribution is 0.787. The van der Waals surface area contributed by atoms with Gasteiger partial charge < -0.3 is 10.3 Å². The van der Waals surface area contributed by atoms with Gasteiger partial charge in [0.25, 0.3) is 5.56 Å². The van der Waals surface area contributed by atoms with Crippen LogP contribution in [-0.4, -0.2) is 17.0 Å². The maximum absolute atomic E-state index is 12.0. The molecule has 0 fully saturated rings. The number of rotatable bonds is 3. The van der Waals surface area contributed by atoms with E-state index in [0.29, 0.717) is 17.9 Å². The highest BCUT2D eigenvalue weighted by Crippen LogP contribution is 2.18. The summed E-state index contributed by atoms with van der Waals surface area (Å²) < 4.78 is 0. The minimum Gasteiger partial charge on any atom is -0.315 e. The van der Waals surface area contributed by atoms with Gasteiger partial charge in [0.15, 0.2) is 0 Å². The summed E-state index contributed by atoms with van der Waals surface area (Å²) in [5.41, 5.74) is 3.45. The van der Waals surface area contributed by atoms with Gasteiger partial charge in [0.05, 0.1) is 5.56 Å². The molecule has 0 aliphatic rings. The van der Waals surface area contributed by atoms with E-state index in [1.165, 1.54) is 0 Å². The number of hydrogen-bond acceptors (Lipinski definition) is 3. The van der Waals surface area contributed by atoms with E-state index < -0.39 is 0 Å². The molecule has 1 heterocycles. The summed E-state index contributed by atoms with van der Waals surface area (Å²) in [5, 5.41) is 2.98. The van der Waals surface area contributed by atoms with E-state index in [9.17, 15) is 4.79 Å². The second-order valence-electron chi connectivity index (χ2n) is 4.32. The largest absolute Gasteiger partial charge is 0.315 e. The Kier molecular flexibility index (Phi) is 3.58. The third-order valence-electron chi connectivity index (χ3n) is 2.98. The number of benzene rings is 1. The third-order valence-corrected chi connectivity index (χ3v) is 2.98. The van der Waals surface area contributed by atoms with E-state index in [-0.39, 0.29) is 5.56 Å². The zero-order valence-corrected chi connectivity index (χ0v) is 10.9. The van der Waals surface area contributed by atoms with Crippen LogP contribution in [-0.2, 0) is 6.54 Å². The van der Waals surface area contributed by atoms with Crippen LogP contribution in [0.15, 0.2) is 29.1 Å². The van der Waals surface area contributed by atoms with Gasteiger partial charge in [-0.2, -0.15) is 0 Å². The summed E-state index contributed by atoms with van der Waals surface area (Å²) in [4.78, 5) is 19.3. The van der Waals surface area contributed by atoms with Crippen LogP contribution in [0.4, 0.5) is 0 Å².